The standard InChI is InChI=1S/C25H34N6O2/c26-14-22-24(27-20-4-2-1-3-5-20)28-23(29-25(22)32)19-16-31(17-19)21-8-6-18(7-9-21)15-30-10-12-33-13-11-30/h6-9,14,19-20,26H,1-5,10-13,15-17H2,(H2,27,28,29,32). The Bertz CT molecular complexity index is 1000. The molecular formula is C25H34N6O2. The third kappa shape index (κ3) is 5.12. The first-order valence-corrected chi connectivity index (χ1v) is 12.2. The summed E-state index contributed by atoms with van der Waals surface area (Å²) in [6.07, 6.45) is 7.00. The highest BCUT2D eigenvalue weighted by Crippen LogP contribution is 2.31. The summed E-state index contributed by atoms with van der Waals surface area (Å²) in [5.41, 5.74) is 2.64. The van der Waals surface area contributed by atoms with Crippen LogP contribution < -0.4 is 15.8 Å². The number of aromatic nitrogens is 2. The van der Waals surface area contributed by atoms with Crippen molar-refractivity contribution in [3.05, 3.63) is 51.6 Å². The molecule has 3 N–H and O–H groups in total. The molecule has 2 aromatic rings. The summed E-state index contributed by atoms with van der Waals surface area (Å²) in [4.78, 5) is 25.1. The number of morpholine rings is 1. The minimum atomic E-state index is -0.223. The van der Waals surface area contributed by atoms with Crippen molar-refractivity contribution in [1.29, 1.82) is 5.41 Å². The number of nitrogens with one attached hydrogen (secondary N) is 3. The van der Waals surface area contributed by atoms with Crippen LogP contribution in [0.5, 0.6) is 0 Å². The van der Waals surface area contributed by atoms with Crippen LogP contribution in [0.2, 0.25) is 0 Å². The molecule has 33 heavy (non-hydrogen) atoms. The topological polar surface area (TPSA) is 97.3 Å². The predicted octanol–water partition coefficient (Wildman–Crippen LogP) is 2.95. The van der Waals surface area contributed by atoms with Gasteiger partial charge in [0.05, 0.1) is 24.7 Å². The van der Waals surface area contributed by atoms with E-state index in [9.17, 15) is 4.79 Å². The van der Waals surface area contributed by atoms with Gasteiger partial charge in [-0.05, 0) is 30.5 Å². The molecule has 1 aromatic heterocycles. The maximum atomic E-state index is 12.6. The van der Waals surface area contributed by atoms with Crippen LogP contribution in [-0.2, 0) is 11.3 Å². The third-order valence-corrected chi connectivity index (χ3v) is 7.14. The Hall–Kier alpha value is -2.71. The number of aromatic amines is 1. The number of nitrogens with zero attached hydrogens (tertiary/aromatic N) is 3. The zero-order chi connectivity index (χ0) is 22.6. The third-order valence-electron chi connectivity index (χ3n) is 7.14. The summed E-state index contributed by atoms with van der Waals surface area (Å²) in [5, 5.41) is 11.1. The van der Waals surface area contributed by atoms with E-state index in [2.05, 4.69) is 44.4 Å². The van der Waals surface area contributed by atoms with Gasteiger partial charge in [-0.25, -0.2) is 4.98 Å². The molecule has 1 saturated carbocycles. The van der Waals surface area contributed by atoms with Crippen LogP contribution in [0, 0.1) is 5.41 Å². The number of hydrogen-bond donors (Lipinski definition) is 3. The number of anilines is 2. The second kappa shape index (κ2) is 10.1. The van der Waals surface area contributed by atoms with Gasteiger partial charge in [-0.1, -0.05) is 31.4 Å². The second-order valence-corrected chi connectivity index (χ2v) is 9.49. The van der Waals surface area contributed by atoms with Crippen molar-refractivity contribution >= 4 is 17.7 Å². The summed E-state index contributed by atoms with van der Waals surface area (Å²) in [7, 11) is 0. The molecule has 176 valence electrons. The molecule has 0 unspecified atom stereocenters. The van der Waals surface area contributed by atoms with Crippen molar-refractivity contribution in [3.63, 3.8) is 0 Å². The van der Waals surface area contributed by atoms with Crippen LogP contribution in [-0.4, -0.2) is 66.5 Å². The molecule has 2 aliphatic heterocycles. The average molecular weight is 451 g/mol. The molecule has 2 saturated heterocycles. The van der Waals surface area contributed by atoms with Crippen molar-refractivity contribution in [2.45, 2.75) is 50.6 Å². The van der Waals surface area contributed by atoms with Gasteiger partial charge in [0.15, 0.2) is 0 Å². The van der Waals surface area contributed by atoms with E-state index >= 15 is 0 Å². The lowest BCUT2D eigenvalue weighted by Gasteiger charge is -2.40. The molecule has 0 radical (unpaired) electrons. The highest BCUT2D eigenvalue weighted by molar-refractivity contribution is 5.83. The lowest BCUT2D eigenvalue weighted by molar-refractivity contribution is 0.0342. The van der Waals surface area contributed by atoms with Crippen molar-refractivity contribution in [2.75, 3.05) is 49.6 Å². The van der Waals surface area contributed by atoms with E-state index in [1.165, 1.54) is 30.5 Å². The number of hydrogen-bond acceptors (Lipinski definition) is 7. The van der Waals surface area contributed by atoms with Crippen LogP contribution in [0.1, 0.15) is 55.0 Å². The van der Waals surface area contributed by atoms with E-state index < -0.39 is 0 Å². The molecule has 0 amide bonds. The SMILES string of the molecule is N=Cc1c(NC2CCCCC2)nc(C2CN(c3ccc(CN4CCOCC4)cc3)C2)[nH]c1=O. The van der Waals surface area contributed by atoms with Crippen molar-refractivity contribution < 1.29 is 4.74 Å². The summed E-state index contributed by atoms with van der Waals surface area (Å²) in [6.45, 7) is 6.26. The molecule has 0 atom stereocenters. The number of ether oxygens (including phenoxy) is 1. The Morgan fingerprint density at radius 2 is 1.85 bits per heavy atom. The maximum absolute atomic E-state index is 12.6. The molecule has 8 heteroatoms. The zero-order valence-electron chi connectivity index (χ0n) is 19.2. The van der Waals surface area contributed by atoms with Crippen LogP contribution >= 0.6 is 0 Å². The Morgan fingerprint density at radius 1 is 1.12 bits per heavy atom. The Kier molecular flexibility index (Phi) is 6.73. The van der Waals surface area contributed by atoms with Crippen LogP contribution in [0.4, 0.5) is 11.5 Å². The van der Waals surface area contributed by atoms with Crippen molar-refractivity contribution in [1.82, 2.24) is 14.9 Å². The van der Waals surface area contributed by atoms with Gasteiger partial charge in [0.1, 0.15) is 11.6 Å². The molecule has 3 heterocycles. The first-order valence-electron chi connectivity index (χ1n) is 12.2. The first-order chi connectivity index (χ1) is 16.2. The lowest BCUT2D eigenvalue weighted by Crippen LogP contribution is -2.46. The van der Waals surface area contributed by atoms with Crippen LogP contribution in [0.25, 0.3) is 0 Å². The molecule has 8 nitrogen and oxygen atoms in total. The zero-order valence-corrected chi connectivity index (χ0v) is 19.2. The minimum Gasteiger partial charge on any atom is -0.379 e. The second-order valence-electron chi connectivity index (χ2n) is 9.49. The number of rotatable bonds is 7. The van der Waals surface area contributed by atoms with Gasteiger partial charge < -0.3 is 25.3 Å². The monoisotopic (exact) mass is 450 g/mol. The van der Waals surface area contributed by atoms with Gasteiger partial charge >= 0.3 is 0 Å². The van der Waals surface area contributed by atoms with Gasteiger partial charge in [0, 0.05) is 50.7 Å². The van der Waals surface area contributed by atoms with E-state index in [4.69, 9.17) is 15.1 Å². The number of H-pyrrole nitrogens is 1. The van der Waals surface area contributed by atoms with Gasteiger partial charge in [0.2, 0.25) is 0 Å². The molecule has 0 spiro atoms. The molecule has 5 rings (SSSR count). The average Bonchev–Trinajstić information content (AvgIpc) is 2.81. The highest BCUT2D eigenvalue weighted by Gasteiger charge is 2.31. The van der Waals surface area contributed by atoms with E-state index in [-0.39, 0.29) is 11.5 Å². The van der Waals surface area contributed by atoms with Gasteiger partial charge in [0.25, 0.3) is 5.56 Å². The molecule has 1 aliphatic carbocycles. The van der Waals surface area contributed by atoms with E-state index in [1.807, 2.05) is 0 Å². The maximum Gasteiger partial charge on any atom is 0.261 e. The Morgan fingerprint density at radius 3 is 2.55 bits per heavy atom. The molecule has 1 aromatic carbocycles. The minimum absolute atomic E-state index is 0.192. The summed E-state index contributed by atoms with van der Waals surface area (Å²) < 4.78 is 5.43. The first kappa shape index (κ1) is 22.1. The number of benzene rings is 1. The van der Waals surface area contributed by atoms with Gasteiger partial charge in [-0.2, -0.15) is 0 Å². The molecule has 3 fully saturated rings. The van der Waals surface area contributed by atoms with Crippen molar-refractivity contribution in [2.24, 2.45) is 0 Å². The molecular weight excluding hydrogens is 416 g/mol. The Labute approximate surface area is 194 Å². The summed E-state index contributed by atoms with van der Waals surface area (Å²) >= 11 is 0. The summed E-state index contributed by atoms with van der Waals surface area (Å²) in [5.74, 6) is 1.49. The van der Waals surface area contributed by atoms with E-state index in [0.717, 1.165) is 70.8 Å². The van der Waals surface area contributed by atoms with Crippen LogP contribution in [0.3, 0.4) is 0 Å². The fourth-order valence-electron chi connectivity index (χ4n) is 5.07. The molecule has 0 bridgehead atoms. The fraction of sp³-hybridized carbons (Fsp3) is 0.560. The smallest absolute Gasteiger partial charge is 0.261 e. The van der Waals surface area contributed by atoms with E-state index in [1.54, 1.807) is 0 Å². The highest BCUT2D eigenvalue weighted by atomic mass is 16.5. The van der Waals surface area contributed by atoms with E-state index in [0.29, 0.717) is 17.4 Å². The fourth-order valence-corrected chi connectivity index (χ4v) is 5.07. The van der Waals surface area contributed by atoms with Gasteiger partial charge in [-0.3, -0.25) is 9.69 Å². The normalized spacial score (nSPS) is 20.4. The summed E-state index contributed by atoms with van der Waals surface area (Å²) in [6, 6.07) is 9.15. The predicted molar refractivity (Wildman–Crippen MR) is 131 cm³/mol. The lowest BCUT2D eigenvalue weighted by atomic mass is 9.95. The quantitative estimate of drug-likeness (QED) is 0.561. The largest absolute Gasteiger partial charge is 0.379 e. The van der Waals surface area contributed by atoms with Crippen LogP contribution in [0.15, 0.2) is 29.1 Å². The van der Waals surface area contributed by atoms with Crippen molar-refractivity contribution in [3.8, 4) is 0 Å². The van der Waals surface area contributed by atoms with Gasteiger partial charge in [-0.15, -0.1) is 0 Å². The molecule has 3 aliphatic rings. The Balaban J connectivity index is 1.22.